The first kappa shape index (κ1) is 11.4. The number of benzene rings is 1. The summed E-state index contributed by atoms with van der Waals surface area (Å²) in [5.74, 6) is 0.520. The van der Waals surface area contributed by atoms with E-state index in [1.165, 1.54) is 4.90 Å². The second-order valence-electron chi connectivity index (χ2n) is 3.79. The van der Waals surface area contributed by atoms with Crippen LogP contribution >= 0.6 is 0 Å². The van der Waals surface area contributed by atoms with Gasteiger partial charge >= 0.3 is 6.03 Å². The van der Waals surface area contributed by atoms with Gasteiger partial charge in [-0.05, 0) is 24.6 Å². The van der Waals surface area contributed by atoms with Gasteiger partial charge in [-0.2, -0.15) is 0 Å². The van der Waals surface area contributed by atoms with Crippen molar-refractivity contribution >= 4 is 11.9 Å². The average Bonchev–Trinajstić information content (AvgIpc) is 2.58. The van der Waals surface area contributed by atoms with Crippen molar-refractivity contribution < 1.29 is 14.3 Å². The first-order chi connectivity index (χ1) is 8.19. The molecule has 0 aliphatic carbocycles. The Labute approximate surface area is 99.4 Å². The molecule has 0 unspecified atom stereocenters. The fourth-order valence-electron chi connectivity index (χ4n) is 1.73. The summed E-state index contributed by atoms with van der Waals surface area (Å²) in [7, 11) is 0. The summed E-state index contributed by atoms with van der Waals surface area (Å²) < 4.78 is 5.37. The van der Waals surface area contributed by atoms with E-state index in [1.54, 1.807) is 0 Å². The lowest BCUT2D eigenvalue weighted by molar-refractivity contribution is -0.118. The van der Waals surface area contributed by atoms with Crippen LogP contribution in [0.3, 0.4) is 0 Å². The van der Waals surface area contributed by atoms with Crippen molar-refractivity contribution in [3.05, 3.63) is 29.8 Å². The van der Waals surface area contributed by atoms with E-state index in [2.05, 4.69) is 5.32 Å². The summed E-state index contributed by atoms with van der Waals surface area (Å²) in [4.78, 5) is 23.9. The Hall–Kier alpha value is -2.04. The van der Waals surface area contributed by atoms with E-state index >= 15 is 0 Å². The number of carbonyl (C=O) groups excluding carboxylic acids is 2. The molecular formula is C12H14N2O3. The Kier molecular flexibility index (Phi) is 3.27. The molecular weight excluding hydrogens is 220 g/mol. The van der Waals surface area contributed by atoms with Crippen molar-refractivity contribution in [1.82, 2.24) is 10.2 Å². The lowest BCUT2D eigenvalue weighted by Gasteiger charge is -2.13. The summed E-state index contributed by atoms with van der Waals surface area (Å²) >= 11 is 0. The summed E-state index contributed by atoms with van der Waals surface area (Å²) in [5, 5.41) is 2.24. The summed E-state index contributed by atoms with van der Waals surface area (Å²) in [6.45, 7) is 3.06. The topological polar surface area (TPSA) is 58.6 Å². The van der Waals surface area contributed by atoms with Crippen LogP contribution in [0.5, 0.6) is 5.75 Å². The number of carbonyl (C=O) groups is 2. The lowest BCUT2D eigenvalue weighted by atomic mass is 10.2. The molecule has 0 radical (unpaired) electrons. The highest BCUT2D eigenvalue weighted by Crippen LogP contribution is 2.15. The normalized spacial score (nSPS) is 15.0. The van der Waals surface area contributed by atoms with Gasteiger partial charge in [0.25, 0.3) is 0 Å². The van der Waals surface area contributed by atoms with Crippen LogP contribution in [-0.2, 0) is 11.3 Å². The van der Waals surface area contributed by atoms with Crippen LogP contribution in [0.4, 0.5) is 4.79 Å². The Morgan fingerprint density at radius 1 is 1.41 bits per heavy atom. The standard InChI is InChI=1S/C12H14N2O3/c1-2-17-10-5-3-4-9(6-10)7-14-8-11(15)13-12(14)16/h3-6H,2,7-8H2,1H3,(H,13,15,16). The number of hydrogen-bond donors (Lipinski definition) is 1. The Bertz CT molecular complexity index is 445. The molecule has 5 nitrogen and oxygen atoms in total. The van der Waals surface area contributed by atoms with Crippen molar-refractivity contribution in [1.29, 1.82) is 0 Å². The monoisotopic (exact) mass is 234 g/mol. The molecule has 5 heteroatoms. The van der Waals surface area contributed by atoms with E-state index in [4.69, 9.17) is 4.74 Å². The van der Waals surface area contributed by atoms with Crippen LogP contribution in [0.25, 0.3) is 0 Å². The smallest absolute Gasteiger partial charge is 0.324 e. The van der Waals surface area contributed by atoms with Gasteiger partial charge in [0.2, 0.25) is 5.91 Å². The molecule has 2 rings (SSSR count). The predicted molar refractivity (Wildman–Crippen MR) is 61.6 cm³/mol. The highest BCUT2D eigenvalue weighted by molar-refractivity contribution is 6.01. The minimum Gasteiger partial charge on any atom is -0.494 e. The van der Waals surface area contributed by atoms with Gasteiger partial charge in [0.1, 0.15) is 12.3 Å². The zero-order valence-corrected chi connectivity index (χ0v) is 9.60. The van der Waals surface area contributed by atoms with Gasteiger partial charge in [0, 0.05) is 6.54 Å². The fourth-order valence-corrected chi connectivity index (χ4v) is 1.73. The van der Waals surface area contributed by atoms with Gasteiger partial charge in [0.05, 0.1) is 6.61 Å². The zero-order chi connectivity index (χ0) is 12.3. The fraction of sp³-hybridized carbons (Fsp3) is 0.333. The molecule has 3 amide bonds. The number of rotatable bonds is 4. The maximum atomic E-state index is 11.4. The molecule has 1 heterocycles. The summed E-state index contributed by atoms with van der Waals surface area (Å²) in [6, 6.07) is 7.17. The highest BCUT2D eigenvalue weighted by atomic mass is 16.5. The van der Waals surface area contributed by atoms with E-state index in [0.29, 0.717) is 13.2 Å². The van der Waals surface area contributed by atoms with Crippen molar-refractivity contribution in [2.75, 3.05) is 13.2 Å². The van der Waals surface area contributed by atoms with E-state index < -0.39 is 0 Å². The maximum absolute atomic E-state index is 11.4. The maximum Gasteiger partial charge on any atom is 0.324 e. The third-order valence-corrected chi connectivity index (χ3v) is 2.45. The van der Waals surface area contributed by atoms with Crippen LogP contribution in [0.15, 0.2) is 24.3 Å². The molecule has 1 aliphatic rings. The molecule has 0 saturated carbocycles. The van der Waals surface area contributed by atoms with E-state index in [0.717, 1.165) is 11.3 Å². The molecule has 0 aromatic heterocycles. The summed E-state index contributed by atoms with van der Waals surface area (Å²) in [5.41, 5.74) is 0.945. The first-order valence-electron chi connectivity index (χ1n) is 5.49. The van der Waals surface area contributed by atoms with Gasteiger partial charge in [-0.25, -0.2) is 4.79 Å². The van der Waals surface area contributed by atoms with E-state index in [-0.39, 0.29) is 18.5 Å². The number of ether oxygens (including phenoxy) is 1. The second-order valence-corrected chi connectivity index (χ2v) is 3.79. The van der Waals surface area contributed by atoms with Crippen molar-refractivity contribution in [3.63, 3.8) is 0 Å². The van der Waals surface area contributed by atoms with Gasteiger partial charge in [-0.3, -0.25) is 10.1 Å². The Morgan fingerprint density at radius 3 is 2.88 bits per heavy atom. The number of imide groups is 1. The zero-order valence-electron chi connectivity index (χ0n) is 9.60. The third kappa shape index (κ3) is 2.75. The molecule has 1 aromatic carbocycles. The van der Waals surface area contributed by atoms with Gasteiger partial charge in [-0.15, -0.1) is 0 Å². The van der Waals surface area contributed by atoms with Crippen LogP contribution in [-0.4, -0.2) is 30.0 Å². The van der Waals surface area contributed by atoms with Crippen LogP contribution in [0.2, 0.25) is 0 Å². The van der Waals surface area contributed by atoms with Crippen LogP contribution in [0.1, 0.15) is 12.5 Å². The third-order valence-electron chi connectivity index (χ3n) is 2.45. The molecule has 1 aliphatic heterocycles. The SMILES string of the molecule is CCOc1cccc(CN2CC(=O)NC2=O)c1. The molecule has 0 bridgehead atoms. The van der Waals surface area contributed by atoms with Gasteiger partial charge in [-0.1, -0.05) is 12.1 Å². The second kappa shape index (κ2) is 4.86. The van der Waals surface area contributed by atoms with Crippen molar-refractivity contribution in [2.24, 2.45) is 0 Å². The van der Waals surface area contributed by atoms with E-state index in [1.807, 2.05) is 31.2 Å². The minimum absolute atomic E-state index is 0.123. The van der Waals surface area contributed by atoms with Crippen LogP contribution < -0.4 is 10.1 Å². The molecule has 17 heavy (non-hydrogen) atoms. The number of nitrogens with zero attached hydrogens (tertiary/aromatic N) is 1. The Balaban J connectivity index is 2.05. The van der Waals surface area contributed by atoms with Crippen molar-refractivity contribution in [2.45, 2.75) is 13.5 Å². The number of hydrogen-bond acceptors (Lipinski definition) is 3. The summed E-state index contributed by atoms with van der Waals surface area (Å²) in [6.07, 6.45) is 0. The molecule has 0 atom stereocenters. The first-order valence-corrected chi connectivity index (χ1v) is 5.49. The molecule has 1 aromatic rings. The van der Waals surface area contributed by atoms with E-state index in [9.17, 15) is 9.59 Å². The molecule has 1 fully saturated rings. The molecule has 0 spiro atoms. The van der Waals surface area contributed by atoms with Crippen molar-refractivity contribution in [3.8, 4) is 5.75 Å². The highest BCUT2D eigenvalue weighted by Gasteiger charge is 2.26. The quantitative estimate of drug-likeness (QED) is 0.795. The number of amides is 3. The minimum atomic E-state index is -0.336. The Morgan fingerprint density at radius 2 is 2.24 bits per heavy atom. The van der Waals surface area contributed by atoms with Crippen LogP contribution in [0, 0.1) is 0 Å². The number of nitrogens with one attached hydrogen (secondary N) is 1. The molecule has 90 valence electrons. The lowest BCUT2D eigenvalue weighted by Crippen LogP contribution is -2.27. The van der Waals surface area contributed by atoms with Gasteiger partial charge in [0.15, 0.2) is 0 Å². The predicted octanol–water partition coefficient (Wildman–Crippen LogP) is 1.14. The molecule has 1 N–H and O–H groups in total. The number of urea groups is 1. The molecule has 1 saturated heterocycles. The average molecular weight is 234 g/mol. The largest absolute Gasteiger partial charge is 0.494 e. The van der Waals surface area contributed by atoms with Gasteiger partial charge < -0.3 is 9.64 Å².